The van der Waals surface area contributed by atoms with Crippen LogP contribution in [0.2, 0.25) is 0 Å². The van der Waals surface area contributed by atoms with Crippen LogP contribution < -0.4 is 19.6 Å². The Balaban J connectivity index is 2.18. The number of H-pyrrole nitrogens is 1. The highest BCUT2D eigenvalue weighted by molar-refractivity contribution is 5.95. The maximum absolute atomic E-state index is 12.2. The number of hydrazone groups is 1. The van der Waals surface area contributed by atoms with E-state index in [2.05, 4.69) is 20.7 Å². The molecule has 2 aromatic rings. The van der Waals surface area contributed by atoms with Crippen LogP contribution in [0.5, 0.6) is 17.2 Å². The fourth-order valence-corrected chi connectivity index (χ4v) is 2.37. The van der Waals surface area contributed by atoms with Gasteiger partial charge in [0.2, 0.25) is 0 Å². The summed E-state index contributed by atoms with van der Waals surface area (Å²) >= 11 is 0. The van der Waals surface area contributed by atoms with E-state index in [-0.39, 0.29) is 5.91 Å². The van der Waals surface area contributed by atoms with Crippen LogP contribution in [-0.2, 0) is 6.42 Å². The minimum absolute atomic E-state index is 0.327. The van der Waals surface area contributed by atoms with Gasteiger partial charge in [0.1, 0.15) is 5.75 Å². The molecule has 0 unspecified atom stereocenters. The fourth-order valence-electron chi connectivity index (χ4n) is 2.37. The highest BCUT2D eigenvalue weighted by atomic mass is 16.5. The van der Waals surface area contributed by atoms with Crippen molar-refractivity contribution in [1.82, 2.24) is 15.6 Å². The average molecular weight is 346 g/mol. The Bertz CT molecular complexity index is 783. The van der Waals surface area contributed by atoms with Crippen molar-refractivity contribution < 1.29 is 19.0 Å². The van der Waals surface area contributed by atoms with E-state index < -0.39 is 0 Å². The summed E-state index contributed by atoms with van der Waals surface area (Å²) in [5.74, 6) is 1.23. The maximum atomic E-state index is 12.2. The summed E-state index contributed by atoms with van der Waals surface area (Å²) in [4.78, 5) is 12.2. The molecule has 0 saturated heterocycles. The number of methoxy groups -OCH3 is 3. The van der Waals surface area contributed by atoms with Crippen molar-refractivity contribution >= 4 is 12.1 Å². The molecule has 1 heterocycles. The van der Waals surface area contributed by atoms with Crippen LogP contribution in [0, 0.1) is 6.92 Å². The van der Waals surface area contributed by atoms with Crippen molar-refractivity contribution in [3.63, 3.8) is 0 Å². The van der Waals surface area contributed by atoms with Crippen molar-refractivity contribution in [2.45, 2.75) is 20.3 Å². The van der Waals surface area contributed by atoms with Crippen molar-refractivity contribution in [2.24, 2.45) is 5.10 Å². The van der Waals surface area contributed by atoms with Gasteiger partial charge in [-0.3, -0.25) is 9.89 Å². The number of amides is 1. The molecule has 0 aliphatic rings. The molecule has 8 heteroatoms. The van der Waals surface area contributed by atoms with Crippen molar-refractivity contribution in [3.8, 4) is 17.2 Å². The average Bonchev–Trinajstić information content (AvgIpc) is 3.01. The quantitative estimate of drug-likeness (QED) is 0.591. The van der Waals surface area contributed by atoms with Gasteiger partial charge >= 0.3 is 0 Å². The molecule has 8 nitrogen and oxygen atoms in total. The first-order valence-corrected chi connectivity index (χ1v) is 7.72. The van der Waals surface area contributed by atoms with Crippen molar-refractivity contribution in [3.05, 3.63) is 34.6 Å². The lowest BCUT2D eigenvalue weighted by molar-refractivity contribution is 0.0949. The predicted octanol–water partition coefficient (Wildman–Crippen LogP) is 2.07. The number of carbonyl (C=O) groups excluding carboxylic acids is 1. The zero-order valence-corrected chi connectivity index (χ0v) is 15.0. The molecule has 0 bridgehead atoms. The first-order valence-electron chi connectivity index (χ1n) is 7.72. The number of hydrogen-bond acceptors (Lipinski definition) is 6. The van der Waals surface area contributed by atoms with Crippen LogP contribution in [0.3, 0.4) is 0 Å². The molecule has 134 valence electrons. The van der Waals surface area contributed by atoms with Gasteiger partial charge in [0.25, 0.3) is 5.91 Å². The number of benzene rings is 1. The lowest BCUT2D eigenvalue weighted by atomic mass is 10.1. The Labute approximate surface area is 146 Å². The zero-order valence-electron chi connectivity index (χ0n) is 15.0. The van der Waals surface area contributed by atoms with Crippen molar-refractivity contribution in [2.75, 3.05) is 21.3 Å². The Morgan fingerprint density at radius 3 is 2.40 bits per heavy atom. The summed E-state index contributed by atoms with van der Waals surface area (Å²) in [5, 5.41) is 10.8. The second kappa shape index (κ2) is 8.18. The van der Waals surface area contributed by atoms with E-state index in [9.17, 15) is 4.79 Å². The molecule has 0 radical (unpaired) electrons. The smallest absolute Gasteiger partial charge is 0.292 e. The van der Waals surface area contributed by atoms with Gasteiger partial charge in [0.15, 0.2) is 17.2 Å². The van der Waals surface area contributed by atoms with Crippen LogP contribution >= 0.6 is 0 Å². The Kier molecular flexibility index (Phi) is 5.99. The van der Waals surface area contributed by atoms with Gasteiger partial charge in [-0.25, -0.2) is 5.43 Å². The molecule has 2 N–H and O–H groups in total. The van der Waals surface area contributed by atoms with Crippen LogP contribution in [0.1, 0.15) is 34.2 Å². The van der Waals surface area contributed by atoms with E-state index in [1.807, 2.05) is 13.8 Å². The van der Waals surface area contributed by atoms with Crippen molar-refractivity contribution in [1.29, 1.82) is 0 Å². The minimum Gasteiger partial charge on any atom is -0.496 e. The number of hydrogen-bond donors (Lipinski definition) is 2. The third-order valence-electron chi connectivity index (χ3n) is 3.78. The van der Waals surface area contributed by atoms with Gasteiger partial charge < -0.3 is 14.2 Å². The van der Waals surface area contributed by atoms with E-state index in [4.69, 9.17) is 14.2 Å². The molecular weight excluding hydrogens is 324 g/mol. The molecule has 25 heavy (non-hydrogen) atoms. The molecule has 1 aromatic heterocycles. The monoisotopic (exact) mass is 346 g/mol. The fraction of sp³-hybridized carbons (Fsp3) is 0.353. The summed E-state index contributed by atoms with van der Waals surface area (Å²) in [6.07, 6.45) is 2.25. The normalized spacial score (nSPS) is 10.8. The second-order valence-electron chi connectivity index (χ2n) is 5.18. The summed E-state index contributed by atoms with van der Waals surface area (Å²) in [6, 6.07) is 3.40. The Morgan fingerprint density at radius 2 is 1.84 bits per heavy atom. The SMILES string of the molecule is CCc1[nH]nc(C(=O)N/N=C\c2cc(OC)c(OC)cc2OC)c1C. The van der Waals surface area contributed by atoms with E-state index in [1.54, 1.807) is 26.4 Å². The van der Waals surface area contributed by atoms with Crippen LogP contribution in [0.15, 0.2) is 17.2 Å². The standard InChI is InChI=1S/C17H22N4O4/c1-6-12-10(2)16(20-19-12)17(22)21-18-9-11-7-14(24-4)15(25-5)8-13(11)23-3/h7-9H,6H2,1-5H3,(H,19,20)(H,21,22)/b18-9-. The first kappa shape index (κ1) is 18.3. The van der Waals surface area contributed by atoms with Gasteiger partial charge in [-0.15, -0.1) is 0 Å². The molecule has 0 spiro atoms. The molecule has 0 fully saturated rings. The number of nitrogens with zero attached hydrogens (tertiary/aromatic N) is 2. The van der Waals surface area contributed by atoms with Gasteiger partial charge in [0.05, 0.1) is 27.5 Å². The van der Waals surface area contributed by atoms with E-state index in [0.717, 1.165) is 17.7 Å². The number of ether oxygens (including phenoxy) is 3. The molecule has 0 saturated carbocycles. The number of aryl methyl sites for hydroxylation is 1. The number of carbonyl (C=O) groups is 1. The number of aromatic nitrogens is 2. The molecule has 2 rings (SSSR count). The van der Waals surface area contributed by atoms with E-state index in [0.29, 0.717) is 28.5 Å². The lowest BCUT2D eigenvalue weighted by Crippen LogP contribution is -2.19. The summed E-state index contributed by atoms with van der Waals surface area (Å²) < 4.78 is 15.8. The third-order valence-corrected chi connectivity index (χ3v) is 3.78. The first-order chi connectivity index (χ1) is 12.0. The minimum atomic E-state index is -0.385. The van der Waals surface area contributed by atoms with Gasteiger partial charge in [0, 0.05) is 22.9 Å². The number of aromatic amines is 1. The Hall–Kier alpha value is -3.03. The van der Waals surface area contributed by atoms with Crippen LogP contribution in [0.25, 0.3) is 0 Å². The van der Waals surface area contributed by atoms with E-state index in [1.165, 1.54) is 13.3 Å². The lowest BCUT2D eigenvalue weighted by Gasteiger charge is -2.11. The Morgan fingerprint density at radius 1 is 1.20 bits per heavy atom. The zero-order chi connectivity index (χ0) is 18.4. The topological polar surface area (TPSA) is 97.8 Å². The van der Waals surface area contributed by atoms with Crippen LogP contribution in [0.4, 0.5) is 0 Å². The molecule has 1 amide bonds. The van der Waals surface area contributed by atoms with Gasteiger partial charge in [-0.05, 0) is 19.4 Å². The van der Waals surface area contributed by atoms with Crippen LogP contribution in [-0.4, -0.2) is 43.6 Å². The van der Waals surface area contributed by atoms with E-state index >= 15 is 0 Å². The number of rotatable bonds is 7. The van der Waals surface area contributed by atoms with Gasteiger partial charge in [-0.2, -0.15) is 10.2 Å². The molecule has 1 aromatic carbocycles. The number of nitrogens with one attached hydrogen (secondary N) is 2. The summed E-state index contributed by atoms with van der Waals surface area (Å²) in [5.41, 5.74) is 5.17. The maximum Gasteiger partial charge on any atom is 0.292 e. The predicted molar refractivity (Wildman–Crippen MR) is 93.9 cm³/mol. The summed E-state index contributed by atoms with van der Waals surface area (Å²) in [7, 11) is 4.62. The largest absolute Gasteiger partial charge is 0.496 e. The molecular formula is C17H22N4O4. The second-order valence-corrected chi connectivity index (χ2v) is 5.18. The third kappa shape index (κ3) is 3.90. The summed E-state index contributed by atoms with van der Waals surface area (Å²) in [6.45, 7) is 3.84. The molecule has 0 aliphatic heterocycles. The van der Waals surface area contributed by atoms with Gasteiger partial charge in [-0.1, -0.05) is 6.92 Å². The highest BCUT2D eigenvalue weighted by Crippen LogP contribution is 2.33. The highest BCUT2D eigenvalue weighted by Gasteiger charge is 2.15. The molecule has 0 atom stereocenters. The molecule has 0 aliphatic carbocycles.